The number of hydrogen-bond donors (Lipinski definition) is 1. The van der Waals surface area contributed by atoms with Crippen LogP contribution in [0.5, 0.6) is 0 Å². The van der Waals surface area contributed by atoms with Crippen LogP contribution in [0.25, 0.3) is 0 Å². The number of rotatable bonds is 4. The predicted octanol–water partition coefficient (Wildman–Crippen LogP) is 3.59. The number of thiol groups is 1. The average Bonchev–Trinajstić information content (AvgIpc) is 1.99. The van der Waals surface area contributed by atoms with Crippen LogP contribution in [0.1, 0.15) is 32.6 Å². The van der Waals surface area contributed by atoms with E-state index in [9.17, 15) is 0 Å². The number of nitrogens with zero attached hydrogens (tertiary/aromatic N) is 1. The van der Waals surface area contributed by atoms with Crippen molar-refractivity contribution in [1.82, 2.24) is 0 Å². The van der Waals surface area contributed by atoms with Gasteiger partial charge >= 0.3 is 0 Å². The average molecular weight is 195 g/mol. The zero-order valence-electron chi connectivity index (χ0n) is 8.21. The monoisotopic (exact) mass is 195 g/mol. The van der Waals surface area contributed by atoms with Crippen molar-refractivity contribution in [3.63, 3.8) is 0 Å². The van der Waals surface area contributed by atoms with E-state index in [1.165, 1.54) is 19.3 Å². The molecular formula is C11H17NS. The molecule has 0 aromatic heterocycles. The second-order valence-electron chi connectivity index (χ2n) is 4.13. The van der Waals surface area contributed by atoms with Crippen LogP contribution in [-0.4, -0.2) is 6.72 Å². The summed E-state index contributed by atoms with van der Waals surface area (Å²) in [6, 6.07) is 0. The Morgan fingerprint density at radius 1 is 1.62 bits per heavy atom. The molecule has 72 valence electrons. The Kier molecular flexibility index (Phi) is 3.37. The van der Waals surface area contributed by atoms with Gasteiger partial charge in [0.05, 0.1) is 0 Å². The van der Waals surface area contributed by atoms with Crippen LogP contribution in [-0.2, 0) is 0 Å². The molecule has 0 N–H and O–H groups in total. The van der Waals surface area contributed by atoms with E-state index in [-0.39, 0.29) is 0 Å². The molecule has 0 atom stereocenters. The van der Waals surface area contributed by atoms with E-state index in [0.29, 0.717) is 5.41 Å². The van der Waals surface area contributed by atoms with Crippen molar-refractivity contribution in [2.75, 3.05) is 0 Å². The molecule has 0 amide bonds. The summed E-state index contributed by atoms with van der Waals surface area (Å²) in [5.74, 6) is 0. The summed E-state index contributed by atoms with van der Waals surface area (Å²) in [6.07, 6.45) is 6.87. The van der Waals surface area contributed by atoms with Crippen LogP contribution in [0, 0.1) is 5.41 Å². The molecule has 1 rings (SSSR count). The SMILES string of the molecule is C=N/C(=C\C(=C)S)CC1(C)CCC1. The van der Waals surface area contributed by atoms with E-state index >= 15 is 0 Å². The lowest BCUT2D eigenvalue weighted by Gasteiger charge is -2.38. The lowest BCUT2D eigenvalue weighted by Crippen LogP contribution is -2.25. The van der Waals surface area contributed by atoms with Gasteiger partial charge in [0.15, 0.2) is 0 Å². The zero-order chi connectivity index (χ0) is 9.90. The van der Waals surface area contributed by atoms with E-state index in [2.05, 4.69) is 37.8 Å². The van der Waals surface area contributed by atoms with Gasteiger partial charge in [-0.15, -0.1) is 12.6 Å². The van der Waals surface area contributed by atoms with Crippen molar-refractivity contribution in [2.24, 2.45) is 10.4 Å². The maximum Gasteiger partial charge on any atom is 0.0412 e. The molecule has 0 unspecified atom stereocenters. The standard InChI is InChI=1S/C11H17NS/c1-9(13)7-10(12-3)8-11(2)5-4-6-11/h7,13H,1,3-6,8H2,2H3/b10-7-. The first kappa shape index (κ1) is 10.6. The lowest BCUT2D eigenvalue weighted by atomic mass is 9.68. The molecule has 0 bridgehead atoms. The summed E-state index contributed by atoms with van der Waals surface area (Å²) >= 11 is 4.13. The Hall–Kier alpha value is -0.500. The first-order valence-corrected chi connectivity index (χ1v) is 5.06. The van der Waals surface area contributed by atoms with E-state index in [1.807, 2.05) is 6.08 Å². The third-order valence-corrected chi connectivity index (χ3v) is 2.83. The summed E-state index contributed by atoms with van der Waals surface area (Å²) in [4.78, 5) is 4.75. The van der Waals surface area contributed by atoms with Gasteiger partial charge in [-0.1, -0.05) is 19.9 Å². The second-order valence-corrected chi connectivity index (χ2v) is 4.70. The summed E-state index contributed by atoms with van der Waals surface area (Å²) in [5.41, 5.74) is 1.47. The highest BCUT2D eigenvalue weighted by Gasteiger charge is 2.32. The molecule has 0 heterocycles. The van der Waals surface area contributed by atoms with E-state index in [4.69, 9.17) is 0 Å². The van der Waals surface area contributed by atoms with Gasteiger partial charge in [0.1, 0.15) is 0 Å². The van der Waals surface area contributed by atoms with Crippen LogP contribution in [0.4, 0.5) is 0 Å². The van der Waals surface area contributed by atoms with Crippen LogP contribution < -0.4 is 0 Å². The third kappa shape index (κ3) is 3.03. The minimum Gasteiger partial charge on any atom is -0.269 e. The zero-order valence-corrected chi connectivity index (χ0v) is 9.11. The highest BCUT2D eigenvalue weighted by molar-refractivity contribution is 7.84. The first-order valence-electron chi connectivity index (χ1n) is 4.61. The predicted molar refractivity (Wildman–Crippen MR) is 62.3 cm³/mol. The number of aliphatic imine (C=N–C) groups is 1. The van der Waals surface area contributed by atoms with Crippen molar-refractivity contribution >= 4 is 19.3 Å². The van der Waals surface area contributed by atoms with Crippen molar-refractivity contribution in [1.29, 1.82) is 0 Å². The molecule has 1 aliphatic carbocycles. The molecule has 1 fully saturated rings. The van der Waals surface area contributed by atoms with Gasteiger partial charge in [0, 0.05) is 5.70 Å². The van der Waals surface area contributed by atoms with E-state index in [0.717, 1.165) is 17.0 Å². The quantitative estimate of drug-likeness (QED) is 0.400. The Bertz CT molecular complexity index is 249. The Labute approximate surface area is 86.1 Å². The van der Waals surface area contributed by atoms with Gasteiger partial charge in [-0.3, -0.25) is 4.99 Å². The maximum absolute atomic E-state index is 4.13. The van der Waals surface area contributed by atoms with E-state index in [1.54, 1.807) is 0 Å². The van der Waals surface area contributed by atoms with Crippen LogP contribution in [0.15, 0.2) is 28.2 Å². The second kappa shape index (κ2) is 4.14. The summed E-state index contributed by atoms with van der Waals surface area (Å²) in [5, 5.41) is 0. The summed E-state index contributed by atoms with van der Waals surface area (Å²) in [7, 11) is 0. The summed E-state index contributed by atoms with van der Waals surface area (Å²) in [6.45, 7) is 9.58. The molecule has 0 aromatic carbocycles. The fraction of sp³-hybridized carbons (Fsp3) is 0.545. The lowest BCUT2D eigenvalue weighted by molar-refractivity contribution is 0.160. The van der Waals surface area contributed by atoms with Gasteiger partial charge in [0.25, 0.3) is 0 Å². The molecular weight excluding hydrogens is 178 g/mol. The molecule has 0 radical (unpaired) electrons. The Balaban J connectivity index is 2.58. The van der Waals surface area contributed by atoms with Crippen molar-refractivity contribution in [3.05, 3.63) is 23.3 Å². The van der Waals surface area contributed by atoms with Crippen molar-refractivity contribution in [2.45, 2.75) is 32.6 Å². The van der Waals surface area contributed by atoms with Crippen molar-refractivity contribution in [3.8, 4) is 0 Å². The molecule has 0 saturated heterocycles. The van der Waals surface area contributed by atoms with Crippen molar-refractivity contribution < 1.29 is 0 Å². The van der Waals surface area contributed by atoms with Gasteiger partial charge in [-0.25, -0.2) is 0 Å². The Morgan fingerprint density at radius 2 is 2.23 bits per heavy atom. The largest absolute Gasteiger partial charge is 0.269 e. The minimum absolute atomic E-state index is 0.455. The summed E-state index contributed by atoms with van der Waals surface area (Å²) < 4.78 is 0. The molecule has 0 aliphatic heterocycles. The van der Waals surface area contributed by atoms with E-state index < -0.39 is 0 Å². The van der Waals surface area contributed by atoms with Crippen LogP contribution >= 0.6 is 12.6 Å². The maximum atomic E-state index is 4.13. The molecule has 1 aliphatic rings. The number of allylic oxidation sites excluding steroid dienone is 2. The normalized spacial score (nSPS) is 20.6. The first-order chi connectivity index (χ1) is 6.06. The minimum atomic E-state index is 0.455. The molecule has 0 spiro atoms. The highest BCUT2D eigenvalue weighted by atomic mass is 32.1. The van der Waals surface area contributed by atoms with Gasteiger partial charge < -0.3 is 0 Å². The third-order valence-electron chi connectivity index (χ3n) is 2.70. The van der Waals surface area contributed by atoms with Gasteiger partial charge in [-0.2, -0.15) is 0 Å². The molecule has 1 saturated carbocycles. The molecule has 1 nitrogen and oxygen atoms in total. The van der Waals surface area contributed by atoms with Gasteiger partial charge in [-0.05, 0) is 42.4 Å². The number of hydrogen-bond acceptors (Lipinski definition) is 2. The smallest absolute Gasteiger partial charge is 0.0412 e. The molecule has 2 heteroatoms. The van der Waals surface area contributed by atoms with Crippen LogP contribution in [0.3, 0.4) is 0 Å². The highest BCUT2D eigenvalue weighted by Crippen LogP contribution is 2.45. The molecule has 0 aromatic rings. The Morgan fingerprint density at radius 3 is 2.54 bits per heavy atom. The fourth-order valence-corrected chi connectivity index (χ4v) is 1.89. The van der Waals surface area contributed by atoms with Crippen LogP contribution in [0.2, 0.25) is 0 Å². The fourth-order valence-electron chi connectivity index (χ4n) is 1.74. The molecule has 13 heavy (non-hydrogen) atoms. The topological polar surface area (TPSA) is 12.4 Å². The van der Waals surface area contributed by atoms with Gasteiger partial charge in [0.2, 0.25) is 0 Å².